The van der Waals surface area contributed by atoms with E-state index in [0.717, 1.165) is 18.8 Å². The fourth-order valence-corrected chi connectivity index (χ4v) is 1.84. The molecule has 1 fully saturated rings. The van der Waals surface area contributed by atoms with Crippen molar-refractivity contribution in [2.24, 2.45) is 5.73 Å². The maximum atomic E-state index is 6.11. The van der Waals surface area contributed by atoms with Crippen molar-refractivity contribution in [1.29, 1.82) is 0 Å². The van der Waals surface area contributed by atoms with E-state index in [1.54, 1.807) is 0 Å². The molecular weight excluding hydrogens is 186 g/mol. The number of aryl methyl sites for hydroxylation is 1. The van der Waals surface area contributed by atoms with Crippen molar-refractivity contribution in [2.75, 3.05) is 6.61 Å². The predicted molar refractivity (Wildman–Crippen MR) is 62.2 cm³/mol. The summed E-state index contributed by atoms with van der Waals surface area (Å²) >= 11 is 0. The van der Waals surface area contributed by atoms with Crippen LogP contribution < -0.4 is 10.5 Å². The van der Waals surface area contributed by atoms with Crippen molar-refractivity contribution >= 4 is 0 Å². The third kappa shape index (κ3) is 2.51. The summed E-state index contributed by atoms with van der Waals surface area (Å²) in [6.45, 7) is 4.85. The summed E-state index contributed by atoms with van der Waals surface area (Å²) in [5.41, 5.74) is 8.86. The second kappa shape index (κ2) is 3.86. The Balaban J connectivity index is 2.11. The lowest BCUT2D eigenvalue weighted by molar-refractivity contribution is 0.340. The maximum absolute atomic E-state index is 6.11. The van der Waals surface area contributed by atoms with E-state index in [2.05, 4.69) is 19.1 Å². The molecule has 0 atom stereocenters. The number of ether oxygens (including phenoxy) is 1. The average molecular weight is 205 g/mol. The van der Waals surface area contributed by atoms with Gasteiger partial charge in [0.25, 0.3) is 0 Å². The van der Waals surface area contributed by atoms with Gasteiger partial charge in [-0.05, 0) is 56.4 Å². The van der Waals surface area contributed by atoms with Crippen LogP contribution in [0, 0.1) is 6.92 Å². The van der Waals surface area contributed by atoms with Gasteiger partial charge in [-0.25, -0.2) is 0 Å². The van der Waals surface area contributed by atoms with Crippen LogP contribution in [0.2, 0.25) is 0 Å². The molecule has 0 radical (unpaired) electrons. The summed E-state index contributed by atoms with van der Waals surface area (Å²) in [5, 5.41) is 0. The van der Waals surface area contributed by atoms with Crippen molar-refractivity contribution < 1.29 is 4.74 Å². The van der Waals surface area contributed by atoms with Crippen molar-refractivity contribution in [2.45, 2.75) is 38.6 Å². The highest BCUT2D eigenvalue weighted by molar-refractivity contribution is 5.36. The Hall–Kier alpha value is -1.02. The summed E-state index contributed by atoms with van der Waals surface area (Å²) in [5.74, 6) is 0.959. The van der Waals surface area contributed by atoms with Crippen LogP contribution in [0.1, 0.15) is 30.9 Å². The van der Waals surface area contributed by atoms with E-state index in [1.807, 2.05) is 13.0 Å². The zero-order valence-electron chi connectivity index (χ0n) is 9.55. The van der Waals surface area contributed by atoms with Crippen LogP contribution in [-0.4, -0.2) is 12.1 Å². The molecule has 0 aliphatic heterocycles. The molecular formula is C13H19NO. The predicted octanol–water partition coefficient (Wildman–Crippen LogP) is 2.43. The van der Waals surface area contributed by atoms with Gasteiger partial charge in [0, 0.05) is 5.54 Å². The molecule has 0 amide bonds. The highest BCUT2D eigenvalue weighted by atomic mass is 16.5. The largest absolute Gasteiger partial charge is 0.494 e. The molecule has 0 saturated heterocycles. The van der Waals surface area contributed by atoms with E-state index in [1.165, 1.54) is 24.0 Å². The van der Waals surface area contributed by atoms with Gasteiger partial charge in [0.1, 0.15) is 5.75 Å². The fourth-order valence-electron chi connectivity index (χ4n) is 1.84. The van der Waals surface area contributed by atoms with Crippen LogP contribution in [0.25, 0.3) is 0 Å². The van der Waals surface area contributed by atoms with Crippen molar-refractivity contribution in [1.82, 2.24) is 0 Å². The minimum atomic E-state index is 0.0951. The molecule has 2 N–H and O–H groups in total. The van der Waals surface area contributed by atoms with Gasteiger partial charge in [0.05, 0.1) is 6.61 Å². The normalized spacial score (nSPS) is 17.5. The molecule has 2 rings (SSSR count). The van der Waals surface area contributed by atoms with Gasteiger partial charge in [-0.1, -0.05) is 6.07 Å². The molecule has 0 bridgehead atoms. The second-order valence-electron chi connectivity index (χ2n) is 4.56. The SMILES string of the molecule is CCOc1ccc(CC2(N)CC2)c(C)c1. The van der Waals surface area contributed by atoms with Gasteiger partial charge in [0.2, 0.25) is 0 Å². The summed E-state index contributed by atoms with van der Waals surface area (Å²) in [7, 11) is 0. The van der Waals surface area contributed by atoms with Gasteiger partial charge in [-0.15, -0.1) is 0 Å². The number of hydrogen-bond acceptors (Lipinski definition) is 2. The Kier molecular flexibility index (Phi) is 2.70. The van der Waals surface area contributed by atoms with E-state index in [-0.39, 0.29) is 5.54 Å². The van der Waals surface area contributed by atoms with Gasteiger partial charge < -0.3 is 10.5 Å². The van der Waals surface area contributed by atoms with Crippen molar-refractivity contribution in [3.05, 3.63) is 29.3 Å². The van der Waals surface area contributed by atoms with Gasteiger partial charge in [0.15, 0.2) is 0 Å². The second-order valence-corrected chi connectivity index (χ2v) is 4.56. The molecule has 1 aliphatic rings. The number of benzene rings is 1. The van der Waals surface area contributed by atoms with Gasteiger partial charge >= 0.3 is 0 Å². The summed E-state index contributed by atoms with van der Waals surface area (Å²) < 4.78 is 5.46. The van der Waals surface area contributed by atoms with Crippen LogP contribution in [0.15, 0.2) is 18.2 Å². The standard InChI is InChI=1S/C13H19NO/c1-3-15-12-5-4-11(10(2)8-12)9-13(14)6-7-13/h4-5,8H,3,6-7,9,14H2,1-2H3. The molecule has 2 nitrogen and oxygen atoms in total. The van der Waals surface area contributed by atoms with Crippen molar-refractivity contribution in [3.8, 4) is 5.75 Å². The molecule has 15 heavy (non-hydrogen) atoms. The van der Waals surface area contributed by atoms with E-state index < -0.39 is 0 Å². The topological polar surface area (TPSA) is 35.2 Å². The number of hydrogen-bond donors (Lipinski definition) is 1. The van der Waals surface area contributed by atoms with Crippen molar-refractivity contribution in [3.63, 3.8) is 0 Å². The molecule has 1 aromatic rings. The monoisotopic (exact) mass is 205 g/mol. The molecule has 0 spiro atoms. The highest BCUT2D eigenvalue weighted by Gasteiger charge is 2.38. The molecule has 1 saturated carbocycles. The summed E-state index contributed by atoms with van der Waals surface area (Å²) in [6.07, 6.45) is 3.34. The lowest BCUT2D eigenvalue weighted by atomic mass is 10.00. The first-order valence-electron chi connectivity index (χ1n) is 5.64. The van der Waals surface area contributed by atoms with Gasteiger partial charge in [-0.3, -0.25) is 0 Å². The molecule has 0 unspecified atom stereocenters. The minimum absolute atomic E-state index is 0.0951. The fraction of sp³-hybridized carbons (Fsp3) is 0.538. The van der Waals surface area contributed by atoms with Crippen LogP contribution in [0.4, 0.5) is 0 Å². The van der Waals surface area contributed by atoms with Crippen LogP contribution in [-0.2, 0) is 6.42 Å². The molecule has 0 heterocycles. The molecule has 1 aliphatic carbocycles. The molecule has 2 heteroatoms. The van der Waals surface area contributed by atoms with E-state index >= 15 is 0 Å². The summed E-state index contributed by atoms with van der Waals surface area (Å²) in [6, 6.07) is 6.29. The first-order chi connectivity index (χ1) is 7.13. The molecule has 82 valence electrons. The van der Waals surface area contributed by atoms with Gasteiger partial charge in [-0.2, -0.15) is 0 Å². The van der Waals surface area contributed by atoms with Crippen LogP contribution in [0.3, 0.4) is 0 Å². The Morgan fingerprint density at radius 1 is 1.40 bits per heavy atom. The minimum Gasteiger partial charge on any atom is -0.494 e. The quantitative estimate of drug-likeness (QED) is 0.819. The molecule has 0 aromatic heterocycles. The summed E-state index contributed by atoms with van der Waals surface area (Å²) in [4.78, 5) is 0. The average Bonchev–Trinajstić information content (AvgIpc) is 2.90. The Bertz CT molecular complexity index is 356. The van der Waals surface area contributed by atoms with Crippen LogP contribution in [0.5, 0.6) is 5.75 Å². The lowest BCUT2D eigenvalue weighted by Gasteiger charge is -2.12. The zero-order valence-corrected chi connectivity index (χ0v) is 9.55. The zero-order chi connectivity index (χ0) is 10.9. The molecule has 1 aromatic carbocycles. The van der Waals surface area contributed by atoms with E-state index in [0.29, 0.717) is 0 Å². The Morgan fingerprint density at radius 3 is 2.67 bits per heavy atom. The first kappa shape index (κ1) is 10.5. The Morgan fingerprint density at radius 2 is 2.13 bits per heavy atom. The number of nitrogens with two attached hydrogens (primary N) is 1. The third-order valence-corrected chi connectivity index (χ3v) is 3.06. The Labute approximate surface area is 91.4 Å². The van der Waals surface area contributed by atoms with E-state index in [9.17, 15) is 0 Å². The first-order valence-corrected chi connectivity index (χ1v) is 5.64. The van der Waals surface area contributed by atoms with E-state index in [4.69, 9.17) is 10.5 Å². The lowest BCUT2D eigenvalue weighted by Crippen LogP contribution is -2.24. The smallest absolute Gasteiger partial charge is 0.119 e. The third-order valence-electron chi connectivity index (χ3n) is 3.06. The highest BCUT2D eigenvalue weighted by Crippen LogP contribution is 2.36. The maximum Gasteiger partial charge on any atom is 0.119 e. The van der Waals surface area contributed by atoms with Crippen LogP contribution >= 0.6 is 0 Å². The number of rotatable bonds is 4.